The fraction of sp³-hybridized carbons (Fsp3) is 0.222. The molecule has 1 aliphatic rings. The zero-order chi connectivity index (χ0) is 19.6. The van der Waals surface area contributed by atoms with Crippen molar-refractivity contribution in [1.29, 1.82) is 0 Å². The first-order valence-electron chi connectivity index (χ1n) is 8.79. The summed E-state index contributed by atoms with van der Waals surface area (Å²) in [4.78, 5) is 12.8. The first-order valence-corrected chi connectivity index (χ1v) is 10.2. The van der Waals surface area contributed by atoms with Gasteiger partial charge in [-0.05, 0) is 59.7 Å². The van der Waals surface area contributed by atoms with E-state index in [0.29, 0.717) is 30.0 Å². The van der Waals surface area contributed by atoms with Gasteiger partial charge in [-0.1, -0.05) is 12.1 Å². The molecule has 1 saturated heterocycles. The van der Waals surface area contributed by atoms with Crippen molar-refractivity contribution in [3.8, 4) is 5.69 Å². The van der Waals surface area contributed by atoms with Gasteiger partial charge >= 0.3 is 0 Å². The number of rotatable bonds is 5. The summed E-state index contributed by atoms with van der Waals surface area (Å²) < 4.78 is 28.3. The zero-order valence-corrected chi connectivity index (χ0v) is 15.7. The molecule has 10 heteroatoms. The molecule has 0 bridgehead atoms. The van der Waals surface area contributed by atoms with Gasteiger partial charge in [0.2, 0.25) is 10.0 Å². The van der Waals surface area contributed by atoms with Crippen molar-refractivity contribution in [2.45, 2.75) is 17.7 Å². The average Bonchev–Trinajstić information content (AvgIpc) is 3.42. The second kappa shape index (κ2) is 7.49. The highest BCUT2D eigenvalue weighted by Crippen LogP contribution is 2.23. The molecule has 0 unspecified atom stereocenters. The number of aromatic nitrogens is 4. The van der Waals surface area contributed by atoms with E-state index in [-0.39, 0.29) is 10.8 Å². The van der Waals surface area contributed by atoms with Crippen LogP contribution in [0.2, 0.25) is 0 Å². The van der Waals surface area contributed by atoms with Gasteiger partial charge in [0, 0.05) is 24.3 Å². The van der Waals surface area contributed by atoms with Crippen LogP contribution >= 0.6 is 0 Å². The summed E-state index contributed by atoms with van der Waals surface area (Å²) in [5.74, 6) is -0.356. The van der Waals surface area contributed by atoms with E-state index >= 15 is 0 Å². The molecule has 0 saturated carbocycles. The molecule has 1 amide bonds. The Morgan fingerprint density at radius 2 is 1.82 bits per heavy atom. The number of anilines is 1. The molecule has 0 aliphatic carbocycles. The smallest absolute Gasteiger partial charge is 0.255 e. The Hall–Kier alpha value is -3.11. The highest BCUT2D eigenvalue weighted by atomic mass is 32.2. The van der Waals surface area contributed by atoms with Crippen molar-refractivity contribution < 1.29 is 13.2 Å². The van der Waals surface area contributed by atoms with Gasteiger partial charge in [0.1, 0.15) is 6.33 Å². The monoisotopic (exact) mass is 398 g/mol. The Labute approximate surface area is 162 Å². The maximum atomic E-state index is 12.7. The second-order valence-electron chi connectivity index (χ2n) is 6.40. The fourth-order valence-corrected chi connectivity index (χ4v) is 4.65. The van der Waals surface area contributed by atoms with Crippen LogP contribution in [0.5, 0.6) is 0 Å². The second-order valence-corrected chi connectivity index (χ2v) is 8.34. The molecule has 9 nitrogen and oxygen atoms in total. The molecule has 2 heterocycles. The van der Waals surface area contributed by atoms with Crippen molar-refractivity contribution in [2.24, 2.45) is 0 Å². The van der Waals surface area contributed by atoms with Crippen LogP contribution in [0.15, 0.2) is 59.8 Å². The normalized spacial score (nSPS) is 14.9. The topological polar surface area (TPSA) is 110 Å². The van der Waals surface area contributed by atoms with E-state index in [1.807, 2.05) is 0 Å². The van der Waals surface area contributed by atoms with Crippen LogP contribution in [0, 0.1) is 0 Å². The zero-order valence-electron chi connectivity index (χ0n) is 14.9. The van der Waals surface area contributed by atoms with Crippen LogP contribution in [-0.4, -0.2) is 51.9 Å². The molecule has 3 aromatic rings. The van der Waals surface area contributed by atoms with Crippen LogP contribution in [0.1, 0.15) is 23.2 Å². The largest absolute Gasteiger partial charge is 0.322 e. The van der Waals surface area contributed by atoms with E-state index in [4.69, 9.17) is 0 Å². The van der Waals surface area contributed by atoms with Gasteiger partial charge in [-0.2, -0.15) is 4.31 Å². The van der Waals surface area contributed by atoms with E-state index in [2.05, 4.69) is 20.8 Å². The molecule has 144 valence electrons. The van der Waals surface area contributed by atoms with Crippen molar-refractivity contribution in [1.82, 2.24) is 24.5 Å². The number of sulfonamides is 1. The third kappa shape index (κ3) is 3.64. The molecule has 1 aromatic heterocycles. The predicted octanol–water partition coefficient (Wildman–Crippen LogP) is 1.70. The van der Waals surface area contributed by atoms with Crippen LogP contribution in [-0.2, 0) is 10.0 Å². The van der Waals surface area contributed by atoms with Gasteiger partial charge in [-0.3, -0.25) is 4.79 Å². The lowest BCUT2D eigenvalue weighted by Crippen LogP contribution is -2.27. The van der Waals surface area contributed by atoms with Crippen molar-refractivity contribution in [3.63, 3.8) is 0 Å². The minimum atomic E-state index is -3.54. The van der Waals surface area contributed by atoms with Gasteiger partial charge in [-0.15, -0.1) is 5.10 Å². The van der Waals surface area contributed by atoms with Crippen LogP contribution in [0.3, 0.4) is 0 Å². The van der Waals surface area contributed by atoms with Gasteiger partial charge < -0.3 is 5.32 Å². The van der Waals surface area contributed by atoms with Gasteiger partial charge in [0.05, 0.1) is 10.6 Å². The summed E-state index contributed by atoms with van der Waals surface area (Å²) in [5, 5.41) is 13.7. The van der Waals surface area contributed by atoms with Crippen molar-refractivity contribution in [2.75, 3.05) is 18.4 Å². The van der Waals surface area contributed by atoms with Gasteiger partial charge in [0.25, 0.3) is 5.91 Å². The third-order valence-corrected chi connectivity index (χ3v) is 6.41. The number of carbonyl (C=O) groups is 1. The predicted molar refractivity (Wildman–Crippen MR) is 102 cm³/mol. The number of tetrazole rings is 1. The Bertz CT molecular complexity index is 1090. The quantitative estimate of drug-likeness (QED) is 0.700. The lowest BCUT2D eigenvalue weighted by Gasteiger charge is -2.16. The number of carbonyl (C=O) groups excluding carboxylic acids is 1. The first kappa shape index (κ1) is 18.3. The SMILES string of the molecule is O=C(Nc1cccc(S(=O)(=O)N2CCCC2)c1)c1cccc(-n2cnnn2)c1. The Morgan fingerprint density at radius 3 is 2.57 bits per heavy atom. The number of hydrogen-bond donors (Lipinski definition) is 1. The van der Waals surface area contributed by atoms with Crippen LogP contribution < -0.4 is 5.32 Å². The standard InChI is InChI=1S/C18H18N6O3S/c25-18(14-5-3-7-16(11-14)24-13-19-21-22-24)20-15-6-4-8-17(12-15)28(26,27)23-9-1-2-10-23/h3-8,11-13H,1-2,9-10H2,(H,20,25). The molecule has 0 spiro atoms. The Kier molecular flexibility index (Phi) is 4.88. The summed E-state index contributed by atoms with van der Waals surface area (Å²) in [7, 11) is -3.54. The van der Waals surface area contributed by atoms with E-state index in [1.165, 1.54) is 21.4 Å². The first-order chi connectivity index (χ1) is 13.5. The number of nitrogens with one attached hydrogen (secondary N) is 1. The van der Waals surface area contributed by atoms with Crippen LogP contribution in [0.4, 0.5) is 5.69 Å². The summed E-state index contributed by atoms with van der Waals surface area (Å²) in [5.41, 5.74) is 1.46. The highest BCUT2D eigenvalue weighted by Gasteiger charge is 2.27. The number of hydrogen-bond acceptors (Lipinski definition) is 6. The lowest BCUT2D eigenvalue weighted by atomic mass is 10.2. The number of nitrogens with zero attached hydrogens (tertiary/aromatic N) is 5. The summed E-state index contributed by atoms with van der Waals surface area (Å²) in [6.45, 7) is 1.06. The molecule has 2 aromatic carbocycles. The summed E-state index contributed by atoms with van der Waals surface area (Å²) in [6.07, 6.45) is 3.17. The molecule has 4 rings (SSSR count). The molecule has 0 radical (unpaired) electrons. The molecular formula is C18H18N6O3S. The van der Waals surface area contributed by atoms with Gasteiger partial charge in [0.15, 0.2) is 0 Å². The summed E-state index contributed by atoms with van der Waals surface area (Å²) in [6, 6.07) is 13.1. The number of benzene rings is 2. The molecule has 1 fully saturated rings. The molecule has 1 aliphatic heterocycles. The van der Waals surface area contributed by atoms with E-state index in [9.17, 15) is 13.2 Å². The minimum Gasteiger partial charge on any atom is -0.322 e. The Morgan fingerprint density at radius 1 is 1.04 bits per heavy atom. The highest BCUT2D eigenvalue weighted by molar-refractivity contribution is 7.89. The Balaban J connectivity index is 1.55. The molecule has 0 atom stereocenters. The minimum absolute atomic E-state index is 0.176. The third-order valence-electron chi connectivity index (χ3n) is 4.52. The van der Waals surface area contributed by atoms with Crippen molar-refractivity contribution >= 4 is 21.6 Å². The fourth-order valence-electron chi connectivity index (χ4n) is 3.08. The van der Waals surface area contributed by atoms with Crippen molar-refractivity contribution in [3.05, 3.63) is 60.4 Å². The average molecular weight is 398 g/mol. The maximum Gasteiger partial charge on any atom is 0.255 e. The van der Waals surface area contributed by atoms with E-state index in [0.717, 1.165) is 12.8 Å². The van der Waals surface area contributed by atoms with Crippen LogP contribution in [0.25, 0.3) is 5.69 Å². The molecule has 28 heavy (non-hydrogen) atoms. The number of amides is 1. The van der Waals surface area contributed by atoms with E-state index < -0.39 is 10.0 Å². The maximum absolute atomic E-state index is 12.7. The molecular weight excluding hydrogens is 380 g/mol. The summed E-state index contributed by atoms with van der Waals surface area (Å²) >= 11 is 0. The van der Waals surface area contributed by atoms with Gasteiger partial charge in [-0.25, -0.2) is 13.1 Å². The lowest BCUT2D eigenvalue weighted by molar-refractivity contribution is 0.102. The molecule has 1 N–H and O–H groups in total. The van der Waals surface area contributed by atoms with E-state index in [1.54, 1.807) is 42.5 Å².